The summed E-state index contributed by atoms with van der Waals surface area (Å²) in [6, 6.07) is 7.19. The summed E-state index contributed by atoms with van der Waals surface area (Å²) in [4.78, 5) is 11.8. The van der Waals surface area contributed by atoms with Crippen LogP contribution in [0.25, 0.3) is 0 Å². The van der Waals surface area contributed by atoms with Crippen molar-refractivity contribution in [3.8, 4) is 5.75 Å². The van der Waals surface area contributed by atoms with Gasteiger partial charge in [0.15, 0.2) is 0 Å². The Morgan fingerprint density at radius 2 is 1.90 bits per heavy atom. The Balaban J connectivity index is 1.66. The summed E-state index contributed by atoms with van der Waals surface area (Å²) in [7, 11) is 1.63. The molecule has 1 fully saturated rings. The van der Waals surface area contributed by atoms with Crippen LogP contribution in [0.15, 0.2) is 24.3 Å². The van der Waals surface area contributed by atoms with E-state index < -0.39 is 0 Å². The number of benzene rings is 1. The highest BCUT2D eigenvalue weighted by atomic mass is 16.5. The average Bonchev–Trinajstić information content (AvgIpc) is 2.49. The second kappa shape index (κ2) is 7.78. The quantitative estimate of drug-likeness (QED) is 0.859. The fourth-order valence-corrected chi connectivity index (χ4v) is 2.72. The summed E-state index contributed by atoms with van der Waals surface area (Å²) in [6.45, 7) is 0.757. The molecule has 0 aliphatic heterocycles. The minimum absolute atomic E-state index is 0.133. The van der Waals surface area contributed by atoms with Gasteiger partial charge in [-0.15, -0.1) is 0 Å². The van der Waals surface area contributed by atoms with E-state index in [2.05, 4.69) is 10.6 Å². The number of rotatable bonds is 5. The van der Waals surface area contributed by atoms with Gasteiger partial charge in [0.2, 0.25) is 0 Å². The average molecular weight is 276 g/mol. The molecule has 1 aromatic carbocycles. The molecule has 2 rings (SSSR count). The van der Waals surface area contributed by atoms with Crippen molar-refractivity contribution >= 4 is 11.7 Å². The zero-order chi connectivity index (χ0) is 14.2. The van der Waals surface area contributed by atoms with Gasteiger partial charge in [-0.05, 0) is 36.6 Å². The second-order valence-corrected chi connectivity index (χ2v) is 5.40. The lowest BCUT2D eigenvalue weighted by molar-refractivity contribution is 0.250. The van der Waals surface area contributed by atoms with Crippen LogP contribution in [0.1, 0.15) is 38.5 Å². The molecule has 110 valence electrons. The van der Waals surface area contributed by atoms with Gasteiger partial charge in [-0.1, -0.05) is 32.1 Å². The number of anilines is 1. The number of methoxy groups -OCH3 is 1. The van der Waals surface area contributed by atoms with Gasteiger partial charge in [0.1, 0.15) is 5.75 Å². The Morgan fingerprint density at radius 3 is 2.55 bits per heavy atom. The van der Waals surface area contributed by atoms with Gasteiger partial charge in [0.25, 0.3) is 0 Å². The lowest BCUT2D eigenvalue weighted by Crippen LogP contribution is -2.30. The Bertz CT molecular complexity index is 411. The van der Waals surface area contributed by atoms with E-state index in [4.69, 9.17) is 4.74 Å². The monoisotopic (exact) mass is 276 g/mol. The maximum absolute atomic E-state index is 11.8. The lowest BCUT2D eigenvalue weighted by Gasteiger charge is -2.21. The van der Waals surface area contributed by atoms with Crippen molar-refractivity contribution in [1.29, 1.82) is 0 Å². The molecule has 4 nitrogen and oxygen atoms in total. The van der Waals surface area contributed by atoms with Crippen LogP contribution in [0.3, 0.4) is 0 Å². The smallest absolute Gasteiger partial charge is 0.319 e. The molecule has 0 heterocycles. The third-order valence-corrected chi connectivity index (χ3v) is 3.91. The molecule has 1 aliphatic rings. The van der Waals surface area contributed by atoms with E-state index in [0.29, 0.717) is 0 Å². The molecule has 1 saturated carbocycles. The molecule has 1 aromatic rings. The molecule has 0 aromatic heterocycles. The Labute approximate surface area is 120 Å². The van der Waals surface area contributed by atoms with E-state index in [1.54, 1.807) is 7.11 Å². The van der Waals surface area contributed by atoms with E-state index in [1.807, 2.05) is 24.3 Å². The maximum Gasteiger partial charge on any atom is 0.319 e. The minimum Gasteiger partial charge on any atom is -0.497 e. The molecule has 0 saturated heterocycles. The maximum atomic E-state index is 11.8. The Morgan fingerprint density at radius 1 is 1.20 bits per heavy atom. The van der Waals surface area contributed by atoms with Crippen molar-refractivity contribution in [2.45, 2.75) is 38.5 Å². The zero-order valence-corrected chi connectivity index (χ0v) is 12.2. The summed E-state index contributed by atoms with van der Waals surface area (Å²) in [5.41, 5.74) is 0.779. The molecule has 0 atom stereocenters. The van der Waals surface area contributed by atoms with Crippen molar-refractivity contribution in [3.63, 3.8) is 0 Å². The minimum atomic E-state index is -0.133. The molecule has 0 radical (unpaired) electrons. The van der Waals surface area contributed by atoms with Crippen LogP contribution in [0, 0.1) is 5.92 Å². The highest BCUT2D eigenvalue weighted by molar-refractivity contribution is 5.89. The van der Waals surface area contributed by atoms with Gasteiger partial charge in [0, 0.05) is 12.2 Å². The van der Waals surface area contributed by atoms with Crippen LogP contribution in [0.5, 0.6) is 5.75 Å². The van der Waals surface area contributed by atoms with Gasteiger partial charge in [-0.3, -0.25) is 0 Å². The number of nitrogens with one attached hydrogen (secondary N) is 2. The zero-order valence-electron chi connectivity index (χ0n) is 12.2. The van der Waals surface area contributed by atoms with Crippen LogP contribution < -0.4 is 15.4 Å². The summed E-state index contributed by atoms with van der Waals surface area (Å²) in [5.74, 6) is 1.58. The molecular weight excluding hydrogens is 252 g/mol. The Kier molecular flexibility index (Phi) is 5.71. The lowest BCUT2D eigenvalue weighted by atomic mass is 9.87. The van der Waals surface area contributed by atoms with Crippen LogP contribution >= 0.6 is 0 Å². The SMILES string of the molecule is COc1ccc(NC(=O)NCCC2CCCCC2)cc1. The predicted molar refractivity (Wildman–Crippen MR) is 81.2 cm³/mol. The van der Waals surface area contributed by atoms with E-state index in [-0.39, 0.29) is 6.03 Å². The van der Waals surface area contributed by atoms with Crippen molar-refractivity contribution in [2.24, 2.45) is 5.92 Å². The van der Waals surface area contributed by atoms with E-state index >= 15 is 0 Å². The predicted octanol–water partition coefficient (Wildman–Crippen LogP) is 3.79. The third kappa shape index (κ3) is 4.76. The highest BCUT2D eigenvalue weighted by Gasteiger charge is 2.13. The van der Waals surface area contributed by atoms with E-state index in [1.165, 1.54) is 32.1 Å². The molecule has 0 unspecified atom stereocenters. The first-order chi connectivity index (χ1) is 9.78. The van der Waals surface area contributed by atoms with Crippen LogP contribution in [-0.2, 0) is 0 Å². The number of urea groups is 1. The summed E-state index contributed by atoms with van der Waals surface area (Å²) >= 11 is 0. The van der Waals surface area contributed by atoms with Crippen LogP contribution in [0.2, 0.25) is 0 Å². The number of hydrogen-bond donors (Lipinski definition) is 2. The van der Waals surface area contributed by atoms with Crippen molar-refractivity contribution < 1.29 is 9.53 Å². The number of hydrogen-bond acceptors (Lipinski definition) is 2. The first-order valence-corrected chi connectivity index (χ1v) is 7.47. The molecule has 20 heavy (non-hydrogen) atoms. The fraction of sp³-hybridized carbons (Fsp3) is 0.562. The van der Waals surface area contributed by atoms with Gasteiger partial charge < -0.3 is 15.4 Å². The molecule has 2 amide bonds. The molecular formula is C16H24N2O2. The molecule has 2 N–H and O–H groups in total. The van der Waals surface area contributed by atoms with Gasteiger partial charge in [-0.2, -0.15) is 0 Å². The summed E-state index contributed by atoms with van der Waals surface area (Å²) in [6.07, 6.45) is 7.81. The standard InChI is InChI=1S/C16H24N2O2/c1-20-15-9-7-14(8-10-15)18-16(19)17-12-11-13-5-3-2-4-6-13/h7-10,13H,2-6,11-12H2,1H3,(H2,17,18,19). The van der Waals surface area contributed by atoms with Crippen molar-refractivity contribution in [2.75, 3.05) is 19.0 Å². The first kappa shape index (κ1) is 14.7. The van der Waals surface area contributed by atoms with E-state index in [9.17, 15) is 4.79 Å². The molecule has 0 bridgehead atoms. The van der Waals surface area contributed by atoms with Gasteiger partial charge in [0.05, 0.1) is 7.11 Å². The van der Waals surface area contributed by atoms with Gasteiger partial charge in [-0.25, -0.2) is 4.79 Å². The summed E-state index contributed by atoms with van der Waals surface area (Å²) in [5, 5.41) is 5.75. The fourth-order valence-electron chi connectivity index (χ4n) is 2.72. The second-order valence-electron chi connectivity index (χ2n) is 5.40. The molecule has 1 aliphatic carbocycles. The van der Waals surface area contributed by atoms with Crippen LogP contribution in [0.4, 0.5) is 10.5 Å². The number of amides is 2. The number of ether oxygens (including phenoxy) is 1. The summed E-state index contributed by atoms with van der Waals surface area (Å²) < 4.78 is 5.08. The van der Waals surface area contributed by atoms with E-state index in [0.717, 1.165) is 30.3 Å². The molecule has 0 spiro atoms. The van der Waals surface area contributed by atoms with Crippen molar-refractivity contribution in [3.05, 3.63) is 24.3 Å². The third-order valence-electron chi connectivity index (χ3n) is 3.91. The Hall–Kier alpha value is -1.71. The highest BCUT2D eigenvalue weighted by Crippen LogP contribution is 2.25. The van der Waals surface area contributed by atoms with Gasteiger partial charge >= 0.3 is 6.03 Å². The number of carbonyl (C=O) groups excluding carboxylic acids is 1. The largest absolute Gasteiger partial charge is 0.497 e. The topological polar surface area (TPSA) is 50.4 Å². The number of carbonyl (C=O) groups is 1. The van der Waals surface area contributed by atoms with Crippen LogP contribution in [-0.4, -0.2) is 19.7 Å². The first-order valence-electron chi connectivity index (χ1n) is 7.47. The normalized spacial score (nSPS) is 15.7. The molecule has 4 heteroatoms. The van der Waals surface area contributed by atoms with Crippen molar-refractivity contribution in [1.82, 2.24) is 5.32 Å².